The zero-order chi connectivity index (χ0) is 20.1. The van der Waals surface area contributed by atoms with E-state index in [1.54, 1.807) is 24.5 Å². The maximum Gasteiger partial charge on any atom is 0.156 e. The van der Waals surface area contributed by atoms with E-state index in [9.17, 15) is 13.5 Å². The van der Waals surface area contributed by atoms with Gasteiger partial charge in [-0.25, -0.2) is 8.42 Å². The molecule has 0 bridgehead atoms. The molecule has 1 aromatic rings. The van der Waals surface area contributed by atoms with Crippen molar-refractivity contribution in [1.82, 2.24) is 5.48 Å². The van der Waals surface area contributed by atoms with Crippen LogP contribution in [0, 0.1) is 11.8 Å². The second kappa shape index (κ2) is 8.71. The smallest absolute Gasteiger partial charge is 0.156 e. The third kappa shape index (κ3) is 4.99. The minimum atomic E-state index is -3.69. The zero-order valence-corrected chi connectivity index (χ0v) is 16.3. The lowest BCUT2D eigenvalue weighted by molar-refractivity contribution is -0.0355. The number of rotatable bonds is 8. The quantitative estimate of drug-likeness (QED) is 0.342. The van der Waals surface area contributed by atoms with E-state index in [-0.39, 0.29) is 6.42 Å². The number of ether oxygens (including phenoxy) is 1. The van der Waals surface area contributed by atoms with Crippen molar-refractivity contribution in [3.8, 4) is 17.6 Å². The molecule has 9 heteroatoms. The summed E-state index contributed by atoms with van der Waals surface area (Å²) < 4.78 is 28.0. The maximum absolute atomic E-state index is 12.1. The molecule has 1 aliphatic heterocycles. The number of benzene rings is 1. The average Bonchev–Trinajstić information content (AvgIpc) is 3.09. The van der Waals surface area contributed by atoms with Gasteiger partial charge < -0.3 is 19.9 Å². The van der Waals surface area contributed by atoms with Crippen molar-refractivity contribution in [2.24, 2.45) is 5.16 Å². The highest BCUT2D eigenvalue weighted by Crippen LogP contribution is 2.31. The molecule has 8 nitrogen and oxygen atoms in total. The molecule has 148 valence electrons. The van der Waals surface area contributed by atoms with Crippen LogP contribution in [0.3, 0.4) is 0 Å². The van der Waals surface area contributed by atoms with Gasteiger partial charge in [-0.15, -0.1) is 5.92 Å². The fourth-order valence-electron chi connectivity index (χ4n) is 2.70. The van der Waals surface area contributed by atoms with Crippen molar-refractivity contribution in [2.45, 2.75) is 43.8 Å². The molecule has 0 spiro atoms. The van der Waals surface area contributed by atoms with Gasteiger partial charge in [-0.2, -0.15) is 5.48 Å². The summed E-state index contributed by atoms with van der Waals surface area (Å²) in [6, 6.07) is 7.25. The summed E-state index contributed by atoms with van der Waals surface area (Å²) in [6.45, 7) is 3.40. The fourth-order valence-corrected chi connectivity index (χ4v) is 3.64. The molecule has 27 heavy (non-hydrogen) atoms. The lowest BCUT2D eigenvalue weighted by atomic mass is 9.96. The van der Waals surface area contributed by atoms with Crippen LogP contribution in [0.1, 0.15) is 32.3 Å². The number of nitrogens with one attached hydrogen (secondary N) is 1. The lowest BCUT2D eigenvalue weighted by Gasteiger charge is -2.32. The van der Waals surface area contributed by atoms with Gasteiger partial charge >= 0.3 is 0 Å². The van der Waals surface area contributed by atoms with E-state index in [0.717, 1.165) is 11.8 Å². The molecule has 0 fully saturated rings. The Labute approximate surface area is 159 Å². The predicted molar refractivity (Wildman–Crippen MR) is 100 cm³/mol. The Bertz CT molecular complexity index is 841. The number of nitrogens with zero attached hydrogens (tertiary/aromatic N) is 1. The molecule has 0 saturated carbocycles. The van der Waals surface area contributed by atoms with Crippen molar-refractivity contribution in [3.05, 3.63) is 29.8 Å². The summed E-state index contributed by atoms with van der Waals surface area (Å²) in [4.78, 5) is 5.37. The average molecular weight is 396 g/mol. The van der Waals surface area contributed by atoms with Crippen LogP contribution in [-0.4, -0.2) is 54.4 Å². The van der Waals surface area contributed by atoms with Crippen LogP contribution in [0.15, 0.2) is 29.4 Å². The number of sulfone groups is 1. The minimum absolute atomic E-state index is 0.0373. The topological polar surface area (TPSA) is 117 Å². The van der Waals surface area contributed by atoms with E-state index < -0.39 is 26.9 Å². The fraction of sp³-hybridized carbons (Fsp3) is 0.500. The highest BCUT2D eigenvalue weighted by atomic mass is 32.2. The Morgan fingerprint density at radius 3 is 2.67 bits per heavy atom. The van der Waals surface area contributed by atoms with Crippen molar-refractivity contribution in [2.75, 3.05) is 12.9 Å². The molecular weight excluding hydrogens is 372 g/mol. The van der Waals surface area contributed by atoms with E-state index in [2.05, 4.69) is 17.0 Å². The van der Waals surface area contributed by atoms with Gasteiger partial charge in [0, 0.05) is 19.1 Å². The molecule has 3 atom stereocenters. The first-order valence-corrected chi connectivity index (χ1v) is 10.2. The van der Waals surface area contributed by atoms with Gasteiger partial charge in [0.25, 0.3) is 0 Å². The molecule has 1 aliphatic rings. The first kappa shape index (κ1) is 21.2. The summed E-state index contributed by atoms with van der Waals surface area (Å²) in [5, 5.41) is 22.9. The molecule has 0 saturated heterocycles. The Morgan fingerprint density at radius 1 is 1.44 bits per heavy atom. The second-order valence-corrected chi connectivity index (χ2v) is 9.01. The Morgan fingerprint density at radius 2 is 2.11 bits per heavy atom. The van der Waals surface area contributed by atoms with E-state index >= 15 is 0 Å². The normalized spacial score (nSPS) is 19.9. The van der Waals surface area contributed by atoms with Gasteiger partial charge in [-0.1, -0.05) is 11.1 Å². The van der Waals surface area contributed by atoms with Gasteiger partial charge in [-0.05, 0) is 43.7 Å². The van der Waals surface area contributed by atoms with Gasteiger partial charge in [0.15, 0.2) is 9.84 Å². The maximum atomic E-state index is 12.1. The van der Waals surface area contributed by atoms with E-state index in [1.165, 1.54) is 6.92 Å². The van der Waals surface area contributed by atoms with Crippen molar-refractivity contribution >= 4 is 15.5 Å². The number of oxime groups is 1. The number of hydroxylamine groups is 1. The van der Waals surface area contributed by atoms with Gasteiger partial charge in [0.05, 0.1) is 5.71 Å². The highest BCUT2D eigenvalue weighted by Gasteiger charge is 2.46. The second-order valence-electron chi connectivity index (χ2n) is 6.53. The van der Waals surface area contributed by atoms with Crippen LogP contribution in [0.25, 0.3) is 0 Å². The van der Waals surface area contributed by atoms with Crippen molar-refractivity contribution < 1.29 is 28.3 Å². The third-order valence-electron chi connectivity index (χ3n) is 4.59. The summed E-state index contributed by atoms with van der Waals surface area (Å²) in [7, 11) is -3.69. The number of hydrogen-bond acceptors (Lipinski definition) is 8. The molecular formula is C18H24N2O6S. The summed E-state index contributed by atoms with van der Waals surface area (Å²) in [5.74, 6) is 6.24. The van der Waals surface area contributed by atoms with E-state index in [0.29, 0.717) is 24.5 Å². The summed E-state index contributed by atoms with van der Waals surface area (Å²) in [5.41, 5.74) is 3.11. The van der Waals surface area contributed by atoms with Crippen LogP contribution >= 0.6 is 0 Å². The van der Waals surface area contributed by atoms with Crippen molar-refractivity contribution in [3.63, 3.8) is 0 Å². The van der Waals surface area contributed by atoms with Gasteiger partial charge in [0.2, 0.25) is 0 Å². The first-order valence-electron chi connectivity index (χ1n) is 8.34. The van der Waals surface area contributed by atoms with Crippen LogP contribution in [-0.2, 0) is 14.7 Å². The molecule has 1 heterocycles. The molecule has 0 aliphatic carbocycles. The summed E-state index contributed by atoms with van der Waals surface area (Å²) in [6.07, 6.45) is -0.845. The monoisotopic (exact) mass is 396 g/mol. The Kier molecular flexibility index (Phi) is 6.84. The number of aliphatic hydroxyl groups is 1. The Balaban J connectivity index is 2.04. The number of aliphatic hydroxyl groups excluding tert-OH is 1. The molecule has 0 aromatic heterocycles. The number of hydrogen-bond donors (Lipinski definition) is 3. The molecule has 0 radical (unpaired) electrons. The summed E-state index contributed by atoms with van der Waals surface area (Å²) >= 11 is 0. The van der Waals surface area contributed by atoms with Crippen LogP contribution in [0.4, 0.5) is 0 Å². The largest absolute Gasteiger partial charge is 0.481 e. The minimum Gasteiger partial charge on any atom is -0.481 e. The SMILES string of the molecule is CC#CCOc1ccc(C2=NOC(CC(C)(C(O)NO)S(C)(=O)=O)C2)cc1. The van der Waals surface area contributed by atoms with Gasteiger partial charge in [-0.3, -0.25) is 0 Å². The molecule has 0 amide bonds. The van der Waals surface area contributed by atoms with E-state index in [1.807, 2.05) is 12.1 Å². The van der Waals surface area contributed by atoms with Gasteiger partial charge in [0.1, 0.15) is 29.4 Å². The molecule has 1 aromatic carbocycles. The zero-order valence-electron chi connectivity index (χ0n) is 15.5. The van der Waals surface area contributed by atoms with Crippen LogP contribution < -0.4 is 10.2 Å². The highest BCUT2D eigenvalue weighted by molar-refractivity contribution is 7.92. The standard InChI is InChI=1S/C18H24N2O6S/c1-4-5-10-25-14-8-6-13(7-9-14)16-11-15(26-20-16)12-18(2,17(21)19-22)27(3,23)24/h6-9,15,17,19,21-22H,10-12H2,1-3H3. The molecule has 3 unspecified atom stereocenters. The predicted octanol–water partition coefficient (Wildman–Crippen LogP) is 1.07. The third-order valence-corrected chi connectivity index (χ3v) is 6.67. The molecule has 3 N–H and O–H groups in total. The van der Waals surface area contributed by atoms with Crippen LogP contribution in [0.5, 0.6) is 5.75 Å². The van der Waals surface area contributed by atoms with Crippen LogP contribution in [0.2, 0.25) is 0 Å². The molecule has 2 rings (SSSR count). The lowest BCUT2D eigenvalue weighted by Crippen LogP contribution is -2.54. The first-order chi connectivity index (χ1) is 12.7. The Hall–Kier alpha value is -2.12. The van der Waals surface area contributed by atoms with E-state index in [4.69, 9.17) is 14.8 Å². The van der Waals surface area contributed by atoms with Crippen molar-refractivity contribution in [1.29, 1.82) is 0 Å².